The van der Waals surface area contributed by atoms with Gasteiger partial charge in [-0.2, -0.15) is 0 Å². The van der Waals surface area contributed by atoms with Gasteiger partial charge in [0.15, 0.2) is 17.6 Å². The van der Waals surface area contributed by atoms with E-state index in [2.05, 4.69) is 5.32 Å². The van der Waals surface area contributed by atoms with E-state index in [1.165, 1.54) is 0 Å². The van der Waals surface area contributed by atoms with Crippen LogP contribution in [0.5, 0.6) is 17.2 Å². The molecule has 31 heavy (non-hydrogen) atoms. The van der Waals surface area contributed by atoms with E-state index >= 15 is 0 Å². The molecular weight excluding hydrogens is 398 g/mol. The van der Waals surface area contributed by atoms with Gasteiger partial charge in [-0.3, -0.25) is 14.5 Å². The quantitative estimate of drug-likeness (QED) is 0.661. The van der Waals surface area contributed by atoms with Gasteiger partial charge in [-0.15, -0.1) is 0 Å². The Bertz CT molecular complexity index is 887. The molecule has 0 saturated heterocycles. The number of carbonyl (C=O) groups is 2. The summed E-state index contributed by atoms with van der Waals surface area (Å²) in [5, 5.41) is 2.82. The maximum Gasteiger partial charge on any atom is 0.238 e. The molecule has 166 valence electrons. The molecule has 0 bridgehead atoms. The Labute approximate surface area is 182 Å². The Morgan fingerprint density at radius 1 is 1.10 bits per heavy atom. The van der Waals surface area contributed by atoms with Gasteiger partial charge in [0.1, 0.15) is 12.4 Å². The molecule has 0 saturated carbocycles. The Kier molecular flexibility index (Phi) is 7.72. The Balaban J connectivity index is 1.46. The number of rotatable bonds is 9. The molecule has 3 rings (SSSR count). The van der Waals surface area contributed by atoms with Crippen LogP contribution in [-0.2, 0) is 9.59 Å². The van der Waals surface area contributed by atoms with Crippen molar-refractivity contribution in [3.05, 3.63) is 48.5 Å². The minimum atomic E-state index is -0.234. The van der Waals surface area contributed by atoms with Crippen molar-refractivity contribution in [1.29, 1.82) is 0 Å². The van der Waals surface area contributed by atoms with Gasteiger partial charge in [-0.05, 0) is 50.4 Å². The van der Waals surface area contributed by atoms with Crippen LogP contribution in [0.4, 0.5) is 5.69 Å². The molecule has 0 aliphatic carbocycles. The van der Waals surface area contributed by atoms with Gasteiger partial charge in [-0.25, -0.2) is 0 Å². The molecule has 2 aromatic rings. The molecule has 1 N–H and O–H groups in total. The summed E-state index contributed by atoms with van der Waals surface area (Å²) in [4.78, 5) is 28.5. The number of carbonyl (C=O) groups excluding carboxylic acids is 2. The summed E-state index contributed by atoms with van der Waals surface area (Å²) in [6, 6.07) is 14.6. The summed E-state index contributed by atoms with van der Waals surface area (Å²) >= 11 is 0. The Hall–Kier alpha value is -3.26. The van der Waals surface area contributed by atoms with E-state index in [-0.39, 0.29) is 31.0 Å². The first kappa shape index (κ1) is 22.4. The van der Waals surface area contributed by atoms with Crippen LogP contribution in [0.1, 0.15) is 6.92 Å². The molecule has 8 heteroatoms. The molecule has 0 unspecified atom stereocenters. The number of para-hydroxylation sites is 2. The average molecular weight is 428 g/mol. The standard InChI is InChI=1S/C23H29N3O5/c1-4-26(13-19-16-30-20-7-5-6-8-21(20)31-19)23(28)15-25(2)14-22(27)24-17-9-11-18(29-3)12-10-17/h5-12,19H,4,13-16H2,1-3H3,(H,24,27)/t19-/m0/s1. The summed E-state index contributed by atoms with van der Waals surface area (Å²) in [5.74, 6) is 1.87. The first-order valence-electron chi connectivity index (χ1n) is 10.3. The molecule has 0 fully saturated rings. The highest BCUT2D eigenvalue weighted by atomic mass is 16.6. The predicted octanol–water partition coefficient (Wildman–Crippen LogP) is 2.25. The lowest BCUT2D eigenvalue weighted by Gasteiger charge is -2.31. The number of nitrogens with one attached hydrogen (secondary N) is 1. The summed E-state index contributed by atoms with van der Waals surface area (Å²) < 4.78 is 16.8. The fourth-order valence-electron chi connectivity index (χ4n) is 3.31. The normalized spacial score (nSPS) is 14.8. The number of anilines is 1. The number of nitrogens with zero attached hydrogens (tertiary/aromatic N) is 2. The minimum Gasteiger partial charge on any atom is -0.497 e. The number of amides is 2. The topological polar surface area (TPSA) is 80.3 Å². The maximum absolute atomic E-state index is 12.8. The van der Waals surface area contributed by atoms with Gasteiger partial charge in [0, 0.05) is 12.2 Å². The van der Waals surface area contributed by atoms with Crippen LogP contribution in [0.3, 0.4) is 0 Å². The highest BCUT2D eigenvalue weighted by Gasteiger charge is 2.25. The lowest BCUT2D eigenvalue weighted by Crippen LogP contribution is -2.47. The van der Waals surface area contributed by atoms with Crippen LogP contribution in [0.15, 0.2) is 48.5 Å². The SMILES string of the molecule is CCN(C[C@H]1COc2ccccc2O1)C(=O)CN(C)CC(=O)Nc1ccc(OC)cc1. The van der Waals surface area contributed by atoms with Crippen LogP contribution in [0, 0.1) is 0 Å². The zero-order chi connectivity index (χ0) is 22.2. The van der Waals surface area contributed by atoms with Gasteiger partial charge in [0.05, 0.1) is 26.7 Å². The van der Waals surface area contributed by atoms with Crippen LogP contribution in [0.2, 0.25) is 0 Å². The molecule has 1 aliphatic rings. The smallest absolute Gasteiger partial charge is 0.238 e. The number of ether oxygens (including phenoxy) is 3. The molecule has 2 aromatic carbocycles. The van der Waals surface area contributed by atoms with Crippen molar-refractivity contribution in [3.8, 4) is 17.2 Å². The summed E-state index contributed by atoms with van der Waals surface area (Å²) in [6.45, 7) is 3.52. The number of hydrogen-bond donors (Lipinski definition) is 1. The molecule has 0 aromatic heterocycles. The number of benzene rings is 2. The van der Waals surface area contributed by atoms with E-state index in [1.54, 1.807) is 48.2 Å². The second-order valence-electron chi connectivity index (χ2n) is 7.38. The van der Waals surface area contributed by atoms with Gasteiger partial charge < -0.3 is 24.4 Å². The van der Waals surface area contributed by atoms with Crippen molar-refractivity contribution in [3.63, 3.8) is 0 Å². The molecule has 1 aliphatic heterocycles. The predicted molar refractivity (Wildman–Crippen MR) is 118 cm³/mol. The van der Waals surface area contributed by atoms with E-state index in [0.717, 1.165) is 11.5 Å². The maximum atomic E-state index is 12.8. The number of hydrogen-bond acceptors (Lipinski definition) is 6. The zero-order valence-electron chi connectivity index (χ0n) is 18.2. The molecule has 8 nitrogen and oxygen atoms in total. The van der Waals surface area contributed by atoms with Gasteiger partial charge >= 0.3 is 0 Å². The van der Waals surface area contributed by atoms with E-state index in [1.807, 2.05) is 31.2 Å². The molecular formula is C23H29N3O5. The van der Waals surface area contributed by atoms with Crippen molar-refractivity contribution < 1.29 is 23.8 Å². The van der Waals surface area contributed by atoms with E-state index in [0.29, 0.717) is 31.1 Å². The highest BCUT2D eigenvalue weighted by molar-refractivity contribution is 5.92. The lowest BCUT2D eigenvalue weighted by atomic mass is 10.2. The zero-order valence-corrected chi connectivity index (χ0v) is 18.2. The number of fused-ring (bicyclic) bond motifs is 1. The number of methoxy groups -OCH3 is 1. The van der Waals surface area contributed by atoms with Gasteiger partial charge in [0.25, 0.3) is 0 Å². The summed E-state index contributed by atoms with van der Waals surface area (Å²) in [6.07, 6.45) is -0.234. The third-order valence-corrected chi connectivity index (χ3v) is 4.92. The van der Waals surface area contributed by atoms with Gasteiger partial charge in [0.2, 0.25) is 11.8 Å². The first-order chi connectivity index (χ1) is 15.0. The van der Waals surface area contributed by atoms with Crippen LogP contribution in [-0.4, -0.2) is 74.7 Å². The van der Waals surface area contributed by atoms with Crippen LogP contribution >= 0.6 is 0 Å². The van der Waals surface area contributed by atoms with E-state index in [9.17, 15) is 9.59 Å². The molecule has 0 spiro atoms. The molecule has 1 heterocycles. The van der Waals surface area contributed by atoms with Crippen molar-refractivity contribution in [1.82, 2.24) is 9.80 Å². The van der Waals surface area contributed by atoms with Crippen molar-refractivity contribution in [2.45, 2.75) is 13.0 Å². The second-order valence-corrected chi connectivity index (χ2v) is 7.38. The first-order valence-corrected chi connectivity index (χ1v) is 10.3. The highest BCUT2D eigenvalue weighted by Crippen LogP contribution is 2.31. The average Bonchev–Trinajstić information content (AvgIpc) is 2.77. The van der Waals surface area contributed by atoms with Crippen LogP contribution in [0.25, 0.3) is 0 Å². The third kappa shape index (κ3) is 6.36. The van der Waals surface area contributed by atoms with E-state index < -0.39 is 0 Å². The second kappa shape index (κ2) is 10.7. The largest absolute Gasteiger partial charge is 0.497 e. The van der Waals surface area contributed by atoms with E-state index in [4.69, 9.17) is 14.2 Å². The van der Waals surface area contributed by atoms with Gasteiger partial charge in [-0.1, -0.05) is 12.1 Å². The molecule has 2 amide bonds. The summed E-state index contributed by atoms with van der Waals surface area (Å²) in [5.41, 5.74) is 0.676. The van der Waals surface area contributed by atoms with Crippen LogP contribution < -0.4 is 19.5 Å². The number of likely N-dealkylation sites (N-methyl/N-ethyl adjacent to an activating group) is 2. The fourth-order valence-corrected chi connectivity index (χ4v) is 3.31. The Morgan fingerprint density at radius 3 is 2.48 bits per heavy atom. The minimum absolute atomic E-state index is 0.0651. The monoisotopic (exact) mass is 427 g/mol. The lowest BCUT2D eigenvalue weighted by molar-refractivity contribution is -0.133. The summed E-state index contributed by atoms with van der Waals surface area (Å²) in [7, 11) is 3.33. The molecule has 1 atom stereocenters. The Morgan fingerprint density at radius 2 is 1.81 bits per heavy atom. The molecule has 0 radical (unpaired) electrons. The van der Waals surface area contributed by atoms with Crippen molar-refractivity contribution in [2.24, 2.45) is 0 Å². The fraction of sp³-hybridized carbons (Fsp3) is 0.391. The van der Waals surface area contributed by atoms with Crippen molar-refractivity contribution in [2.75, 3.05) is 52.3 Å². The van der Waals surface area contributed by atoms with Crippen molar-refractivity contribution >= 4 is 17.5 Å². The third-order valence-electron chi connectivity index (χ3n) is 4.92.